The minimum Gasteiger partial charge on any atom is -0.359 e. The summed E-state index contributed by atoms with van der Waals surface area (Å²) in [5.74, 6) is 1.62. The maximum Gasteiger partial charge on any atom is 0.224 e. The molecule has 1 saturated heterocycles. The Kier molecular flexibility index (Phi) is 3.87. The van der Waals surface area contributed by atoms with Gasteiger partial charge in [0.15, 0.2) is 0 Å². The van der Waals surface area contributed by atoms with Crippen LogP contribution in [0.15, 0.2) is 29.3 Å². The smallest absolute Gasteiger partial charge is 0.224 e. The molecule has 0 aromatic carbocycles. The molecule has 3 rings (SSSR count). The number of nitrogens with one attached hydrogen (secondary N) is 1. The summed E-state index contributed by atoms with van der Waals surface area (Å²) in [6.07, 6.45) is 9.50. The van der Waals surface area contributed by atoms with Crippen LogP contribution in [0.2, 0.25) is 0 Å². The minimum absolute atomic E-state index is 0. The molecule has 2 heterocycles. The second kappa shape index (κ2) is 5.10. The molecule has 1 fully saturated rings. The first-order valence-electron chi connectivity index (χ1n) is 6.04. The number of carbonyl (C=O) groups is 1. The van der Waals surface area contributed by atoms with E-state index >= 15 is 0 Å². The highest BCUT2D eigenvalue weighted by atomic mass is 35.5. The molecule has 98 valence electrons. The van der Waals surface area contributed by atoms with E-state index in [1.807, 2.05) is 17.8 Å². The number of thioether (sulfide) groups is 1. The van der Waals surface area contributed by atoms with Crippen molar-refractivity contribution in [1.82, 2.24) is 5.32 Å². The van der Waals surface area contributed by atoms with Crippen LogP contribution < -0.4 is 5.32 Å². The predicted molar refractivity (Wildman–Crippen MR) is 78.7 cm³/mol. The topological polar surface area (TPSA) is 41.5 Å². The molecule has 3 nitrogen and oxygen atoms in total. The van der Waals surface area contributed by atoms with Crippen LogP contribution in [-0.4, -0.2) is 35.7 Å². The zero-order chi connectivity index (χ0) is 11.9. The molecule has 0 bridgehead atoms. The lowest BCUT2D eigenvalue weighted by Crippen LogP contribution is -2.46. The molecule has 0 aromatic heterocycles. The van der Waals surface area contributed by atoms with E-state index in [1.165, 1.54) is 0 Å². The van der Waals surface area contributed by atoms with Crippen molar-refractivity contribution in [3.05, 3.63) is 24.3 Å². The minimum atomic E-state index is -0.0236. The van der Waals surface area contributed by atoms with Crippen LogP contribution in [0.3, 0.4) is 0 Å². The lowest BCUT2D eigenvalue weighted by atomic mass is 9.74. The first kappa shape index (κ1) is 13.7. The van der Waals surface area contributed by atoms with Gasteiger partial charge in [-0.25, -0.2) is 0 Å². The lowest BCUT2D eigenvalue weighted by Gasteiger charge is -2.38. The summed E-state index contributed by atoms with van der Waals surface area (Å²) in [6, 6.07) is 0. The number of hydrogen-bond acceptors (Lipinski definition) is 3. The normalized spacial score (nSPS) is 36.2. The molecular formula is C13H17ClN2OS. The Bertz CT molecular complexity index is 446. The highest BCUT2D eigenvalue weighted by Gasteiger charge is 2.53. The average molecular weight is 285 g/mol. The van der Waals surface area contributed by atoms with Crippen LogP contribution in [0.1, 0.15) is 6.42 Å². The van der Waals surface area contributed by atoms with Gasteiger partial charge in [-0.15, -0.1) is 24.2 Å². The molecular weight excluding hydrogens is 268 g/mol. The predicted octanol–water partition coefficient (Wildman–Crippen LogP) is 1.84. The zero-order valence-electron chi connectivity index (χ0n) is 10.3. The highest BCUT2D eigenvalue weighted by molar-refractivity contribution is 8.02. The molecule has 0 radical (unpaired) electrons. The Balaban J connectivity index is 0.00000120. The van der Waals surface area contributed by atoms with E-state index in [-0.39, 0.29) is 29.0 Å². The van der Waals surface area contributed by atoms with Crippen molar-refractivity contribution in [2.45, 2.75) is 11.2 Å². The van der Waals surface area contributed by atoms with E-state index in [4.69, 9.17) is 0 Å². The number of aliphatic imine (C=N–C) groups is 1. The van der Waals surface area contributed by atoms with Gasteiger partial charge in [-0.1, -0.05) is 18.2 Å². The molecule has 0 aromatic rings. The summed E-state index contributed by atoms with van der Waals surface area (Å²) in [5.41, 5.74) is 1.16. The van der Waals surface area contributed by atoms with Gasteiger partial charge < -0.3 is 5.32 Å². The summed E-state index contributed by atoms with van der Waals surface area (Å²) >= 11 is 1.88. The molecule has 18 heavy (non-hydrogen) atoms. The van der Waals surface area contributed by atoms with Gasteiger partial charge in [0.1, 0.15) is 0 Å². The van der Waals surface area contributed by atoms with Crippen LogP contribution >= 0.6 is 24.2 Å². The molecule has 2 aliphatic heterocycles. The first-order valence-corrected chi connectivity index (χ1v) is 7.03. The van der Waals surface area contributed by atoms with E-state index in [2.05, 4.69) is 28.5 Å². The number of rotatable bonds is 1. The zero-order valence-corrected chi connectivity index (χ0v) is 11.9. The lowest BCUT2D eigenvalue weighted by molar-refractivity contribution is -0.125. The van der Waals surface area contributed by atoms with Gasteiger partial charge in [0.05, 0.1) is 16.4 Å². The Morgan fingerprint density at radius 3 is 3.17 bits per heavy atom. The van der Waals surface area contributed by atoms with Crippen LogP contribution in [0.4, 0.5) is 0 Å². The maximum absolute atomic E-state index is 11.9. The molecule has 5 heteroatoms. The van der Waals surface area contributed by atoms with Crippen molar-refractivity contribution in [3.8, 4) is 0 Å². The van der Waals surface area contributed by atoms with Gasteiger partial charge >= 0.3 is 0 Å². The van der Waals surface area contributed by atoms with Crippen molar-refractivity contribution in [3.63, 3.8) is 0 Å². The van der Waals surface area contributed by atoms with Crippen molar-refractivity contribution in [2.24, 2.45) is 16.8 Å². The SMILES string of the molecule is CNC(=O)C1CSC23C=CC=CC2=NCCC13.Cl. The van der Waals surface area contributed by atoms with Crippen LogP contribution in [0.5, 0.6) is 0 Å². The number of nitrogens with zero attached hydrogens (tertiary/aromatic N) is 1. The van der Waals surface area contributed by atoms with E-state index in [9.17, 15) is 4.79 Å². The molecule has 3 atom stereocenters. The van der Waals surface area contributed by atoms with E-state index in [0.29, 0.717) is 5.92 Å². The van der Waals surface area contributed by atoms with Gasteiger partial charge in [-0.2, -0.15) is 0 Å². The average Bonchev–Trinajstić information content (AvgIpc) is 2.75. The van der Waals surface area contributed by atoms with Crippen LogP contribution in [-0.2, 0) is 4.79 Å². The summed E-state index contributed by atoms with van der Waals surface area (Å²) in [7, 11) is 1.73. The van der Waals surface area contributed by atoms with Gasteiger partial charge in [0.25, 0.3) is 0 Å². The van der Waals surface area contributed by atoms with Gasteiger partial charge in [-0.05, 0) is 18.4 Å². The fourth-order valence-electron chi connectivity index (χ4n) is 3.11. The third-order valence-electron chi connectivity index (χ3n) is 3.95. The fraction of sp³-hybridized carbons (Fsp3) is 0.538. The second-order valence-corrected chi connectivity index (χ2v) is 6.00. The molecule has 1 N–H and O–H groups in total. The molecule has 1 amide bonds. The Morgan fingerprint density at radius 2 is 2.39 bits per heavy atom. The van der Waals surface area contributed by atoms with Crippen molar-refractivity contribution < 1.29 is 4.79 Å². The molecule has 3 unspecified atom stereocenters. The standard InChI is InChI=1S/C13H16N2OS.ClH/c1-14-12(16)9-8-17-13-6-3-2-4-11(13)15-7-5-10(9)13;/h2-4,6,9-10H,5,7-8H2,1H3,(H,14,16);1H. The molecule has 0 saturated carbocycles. The van der Waals surface area contributed by atoms with Gasteiger partial charge in [0, 0.05) is 19.3 Å². The highest BCUT2D eigenvalue weighted by Crippen LogP contribution is 2.52. The maximum atomic E-state index is 11.9. The van der Waals surface area contributed by atoms with Gasteiger partial charge in [0.2, 0.25) is 5.91 Å². The molecule has 1 aliphatic carbocycles. The Hall–Kier alpha value is -0.740. The summed E-state index contributed by atoms with van der Waals surface area (Å²) in [5, 5.41) is 2.80. The van der Waals surface area contributed by atoms with Crippen molar-refractivity contribution in [2.75, 3.05) is 19.3 Å². The van der Waals surface area contributed by atoms with Crippen LogP contribution in [0, 0.1) is 11.8 Å². The summed E-state index contributed by atoms with van der Waals surface area (Å²) in [6.45, 7) is 0.855. The number of hydrogen-bond donors (Lipinski definition) is 1. The fourth-order valence-corrected chi connectivity index (χ4v) is 4.90. The number of halogens is 1. The Labute approximate surface area is 118 Å². The number of allylic oxidation sites excluding steroid dienone is 3. The number of amides is 1. The first-order chi connectivity index (χ1) is 8.28. The van der Waals surface area contributed by atoms with Crippen LogP contribution in [0.25, 0.3) is 0 Å². The third kappa shape index (κ3) is 1.82. The van der Waals surface area contributed by atoms with Crippen molar-refractivity contribution >= 4 is 35.8 Å². The van der Waals surface area contributed by atoms with E-state index in [1.54, 1.807) is 7.05 Å². The van der Waals surface area contributed by atoms with Gasteiger partial charge in [-0.3, -0.25) is 9.79 Å². The molecule has 1 spiro atoms. The summed E-state index contributed by atoms with van der Waals surface area (Å²) < 4.78 is -0.0236. The summed E-state index contributed by atoms with van der Waals surface area (Å²) in [4.78, 5) is 16.6. The number of carbonyl (C=O) groups excluding carboxylic acids is 1. The largest absolute Gasteiger partial charge is 0.359 e. The van der Waals surface area contributed by atoms with Crippen molar-refractivity contribution in [1.29, 1.82) is 0 Å². The van der Waals surface area contributed by atoms with E-state index < -0.39 is 0 Å². The molecule has 3 aliphatic rings. The second-order valence-electron chi connectivity index (χ2n) is 4.71. The monoisotopic (exact) mass is 284 g/mol. The van der Waals surface area contributed by atoms with E-state index in [0.717, 1.165) is 24.4 Å². The Morgan fingerprint density at radius 1 is 1.56 bits per heavy atom. The third-order valence-corrected chi connectivity index (χ3v) is 5.60. The quantitative estimate of drug-likeness (QED) is 0.798.